The van der Waals surface area contributed by atoms with Crippen molar-refractivity contribution in [2.75, 3.05) is 0 Å². The van der Waals surface area contributed by atoms with Crippen molar-refractivity contribution in [3.05, 3.63) is 35.9 Å². The Morgan fingerprint density at radius 2 is 1.59 bits per heavy atom. The van der Waals surface area contributed by atoms with Crippen LogP contribution in [0.4, 0.5) is 0 Å². The minimum atomic E-state index is -0.451. The first kappa shape index (κ1) is 11.6. The molecule has 4 nitrogen and oxygen atoms in total. The summed E-state index contributed by atoms with van der Waals surface area (Å²) in [6, 6.07) is 8.84. The lowest BCUT2D eigenvalue weighted by atomic mass is 10.0. The van der Waals surface area contributed by atoms with Crippen molar-refractivity contribution in [1.29, 1.82) is 0 Å². The number of carbonyl (C=O) groups is 2. The Morgan fingerprint density at radius 1 is 1.00 bits per heavy atom. The quantitative estimate of drug-likeness (QED) is 0.802. The number of rotatable bonds is 3. The standard InChI is InChI=1S/C13H16N2O2/c1-2-10-12(16)15-11(13(17)14-10)8-9-6-4-3-5-7-9/h3-7,10-11H,2,8H2,1H3,(H,14,17)(H,15,16). The lowest BCUT2D eigenvalue weighted by Crippen LogP contribution is -2.62. The molecule has 2 N–H and O–H groups in total. The van der Waals surface area contributed by atoms with Crippen LogP contribution in [-0.4, -0.2) is 23.9 Å². The molecular weight excluding hydrogens is 216 g/mol. The topological polar surface area (TPSA) is 58.2 Å². The summed E-state index contributed by atoms with van der Waals surface area (Å²) in [4.78, 5) is 23.4. The molecule has 2 atom stereocenters. The van der Waals surface area contributed by atoms with Gasteiger partial charge in [0.2, 0.25) is 11.8 Å². The summed E-state index contributed by atoms with van der Waals surface area (Å²) in [5, 5.41) is 5.50. The van der Waals surface area contributed by atoms with Crippen molar-refractivity contribution in [3.63, 3.8) is 0 Å². The molecule has 17 heavy (non-hydrogen) atoms. The lowest BCUT2D eigenvalue weighted by molar-refractivity contribution is -0.136. The zero-order valence-corrected chi connectivity index (χ0v) is 9.77. The molecule has 1 aliphatic heterocycles. The Hall–Kier alpha value is -1.84. The second-order valence-corrected chi connectivity index (χ2v) is 4.22. The Balaban J connectivity index is 2.03. The van der Waals surface area contributed by atoms with Crippen molar-refractivity contribution in [3.8, 4) is 0 Å². The average molecular weight is 232 g/mol. The maximum absolute atomic E-state index is 11.8. The van der Waals surface area contributed by atoms with E-state index in [9.17, 15) is 9.59 Å². The normalized spacial score (nSPS) is 24.1. The summed E-state index contributed by atoms with van der Waals surface area (Å²) in [5.74, 6) is -0.187. The van der Waals surface area contributed by atoms with E-state index in [0.29, 0.717) is 12.8 Å². The van der Waals surface area contributed by atoms with Gasteiger partial charge in [-0.2, -0.15) is 0 Å². The molecule has 2 amide bonds. The minimum absolute atomic E-state index is 0.0898. The van der Waals surface area contributed by atoms with E-state index in [2.05, 4.69) is 10.6 Å². The predicted octanol–water partition coefficient (Wildman–Crippen LogP) is 0.622. The first-order chi connectivity index (χ1) is 8.20. The molecule has 0 saturated carbocycles. The van der Waals surface area contributed by atoms with Crippen LogP contribution in [0.3, 0.4) is 0 Å². The number of benzene rings is 1. The molecule has 1 aromatic rings. The summed E-state index contributed by atoms with van der Waals surface area (Å²) in [5.41, 5.74) is 1.04. The number of hydrogen-bond acceptors (Lipinski definition) is 2. The highest BCUT2D eigenvalue weighted by molar-refractivity contribution is 5.97. The van der Waals surface area contributed by atoms with E-state index in [-0.39, 0.29) is 17.9 Å². The van der Waals surface area contributed by atoms with Gasteiger partial charge in [-0.1, -0.05) is 37.3 Å². The lowest BCUT2D eigenvalue weighted by Gasteiger charge is -2.29. The molecule has 2 rings (SSSR count). The molecule has 1 aromatic carbocycles. The molecule has 1 saturated heterocycles. The third-order valence-corrected chi connectivity index (χ3v) is 2.96. The molecule has 1 fully saturated rings. The van der Waals surface area contributed by atoms with E-state index in [1.807, 2.05) is 37.3 Å². The first-order valence-corrected chi connectivity index (χ1v) is 5.85. The van der Waals surface area contributed by atoms with Crippen LogP contribution in [0.15, 0.2) is 30.3 Å². The third-order valence-electron chi connectivity index (χ3n) is 2.96. The van der Waals surface area contributed by atoms with Crippen molar-refractivity contribution in [2.45, 2.75) is 31.8 Å². The van der Waals surface area contributed by atoms with Gasteiger partial charge in [0.05, 0.1) is 0 Å². The molecule has 1 heterocycles. The van der Waals surface area contributed by atoms with Crippen molar-refractivity contribution in [1.82, 2.24) is 10.6 Å². The van der Waals surface area contributed by atoms with Gasteiger partial charge in [0.1, 0.15) is 12.1 Å². The smallest absolute Gasteiger partial charge is 0.243 e. The number of carbonyl (C=O) groups excluding carboxylic acids is 2. The maximum atomic E-state index is 11.8. The second kappa shape index (κ2) is 4.99. The molecular formula is C13H16N2O2. The monoisotopic (exact) mass is 232 g/mol. The van der Waals surface area contributed by atoms with Gasteiger partial charge in [-0.05, 0) is 12.0 Å². The predicted molar refractivity (Wildman–Crippen MR) is 64.3 cm³/mol. The highest BCUT2D eigenvalue weighted by Crippen LogP contribution is 2.07. The fourth-order valence-electron chi connectivity index (χ4n) is 1.96. The van der Waals surface area contributed by atoms with Gasteiger partial charge < -0.3 is 10.6 Å². The third kappa shape index (κ3) is 2.64. The van der Waals surface area contributed by atoms with Gasteiger partial charge in [-0.25, -0.2) is 0 Å². The molecule has 0 spiro atoms. The summed E-state index contributed by atoms with van der Waals surface area (Å²) in [7, 11) is 0. The van der Waals surface area contributed by atoms with Crippen LogP contribution in [0.1, 0.15) is 18.9 Å². The summed E-state index contributed by atoms with van der Waals surface area (Å²) in [6.07, 6.45) is 1.16. The zero-order chi connectivity index (χ0) is 12.3. The molecule has 0 radical (unpaired) electrons. The summed E-state index contributed by atoms with van der Waals surface area (Å²) < 4.78 is 0. The van der Waals surface area contributed by atoms with E-state index in [4.69, 9.17) is 0 Å². The molecule has 2 unspecified atom stereocenters. The average Bonchev–Trinajstić information content (AvgIpc) is 2.34. The fraction of sp³-hybridized carbons (Fsp3) is 0.385. The number of amides is 2. The van der Waals surface area contributed by atoms with Crippen molar-refractivity contribution < 1.29 is 9.59 Å². The number of hydrogen-bond donors (Lipinski definition) is 2. The SMILES string of the molecule is CCC1NC(=O)C(Cc2ccccc2)NC1=O. The van der Waals surface area contributed by atoms with Gasteiger partial charge in [0, 0.05) is 6.42 Å². The van der Waals surface area contributed by atoms with Crippen LogP contribution >= 0.6 is 0 Å². The maximum Gasteiger partial charge on any atom is 0.243 e. The summed E-state index contributed by atoms with van der Waals surface area (Å²) >= 11 is 0. The van der Waals surface area contributed by atoms with E-state index >= 15 is 0 Å². The van der Waals surface area contributed by atoms with Crippen LogP contribution < -0.4 is 10.6 Å². The van der Waals surface area contributed by atoms with Crippen molar-refractivity contribution >= 4 is 11.8 Å². The largest absolute Gasteiger partial charge is 0.343 e. The first-order valence-electron chi connectivity index (χ1n) is 5.85. The second-order valence-electron chi connectivity index (χ2n) is 4.22. The minimum Gasteiger partial charge on any atom is -0.343 e. The Labute approximate surface area is 100 Å². The van der Waals surface area contributed by atoms with Gasteiger partial charge in [-0.15, -0.1) is 0 Å². The molecule has 0 bridgehead atoms. The Kier molecular flexibility index (Phi) is 3.42. The van der Waals surface area contributed by atoms with Gasteiger partial charge in [0.25, 0.3) is 0 Å². The molecule has 90 valence electrons. The van der Waals surface area contributed by atoms with Gasteiger partial charge >= 0.3 is 0 Å². The van der Waals surface area contributed by atoms with Gasteiger partial charge in [0.15, 0.2) is 0 Å². The Bertz CT molecular complexity index is 417. The van der Waals surface area contributed by atoms with Crippen molar-refractivity contribution in [2.24, 2.45) is 0 Å². The Morgan fingerprint density at radius 3 is 2.24 bits per heavy atom. The van der Waals surface area contributed by atoms with E-state index in [0.717, 1.165) is 5.56 Å². The van der Waals surface area contributed by atoms with Gasteiger partial charge in [-0.3, -0.25) is 9.59 Å². The van der Waals surface area contributed by atoms with E-state index < -0.39 is 6.04 Å². The highest BCUT2D eigenvalue weighted by Gasteiger charge is 2.32. The van der Waals surface area contributed by atoms with E-state index in [1.165, 1.54) is 0 Å². The van der Waals surface area contributed by atoms with Crippen LogP contribution in [0, 0.1) is 0 Å². The fourth-order valence-corrected chi connectivity index (χ4v) is 1.96. The van der Waals surface area contributed by atoms with Crippen LogP contribution in [0.25, 0.3) is 0 Å². The molecule has 1 aliphatic rings. The molecule has 0 aliphatic carbocycles. The van der Waals surface area contributed by atoms with Crippen LogP contribution in [-0.2, 0) is 16.0 Å². The summed E-state index contributed by atoms with van der Waals surface area (Å²) in [6.45, 7) is 1.88. The van der Waals surface area contributed by atoms with E-state index in [1.54, 1.807) is 0 Å². The van der Waals surface area contributed by atoms with Crippen LogP contribution in [0.5, 0.6) is 0 Å². The molecule has 0 aromatic heterocycles. The number of piperazine rings is 1. The number of nitrogens with one attached hydrogen (secondary N) is 2. The highest BCUT2D eigenvalue weighted by atomic mass is 16.2. The van der Waals surface area contributed by atoms with Crippen LogP contribution in [0.2, 0.25) is 0 Å². The zero-order valence-electron chi connectivity index (χ0n) is 9.77. The molecule has 4 heteroatoms.